The summed E-state index contributed by atoms with van der Waals surface area (Å²) in [6.07, 6.45) is 2.05. The van der Waals surface area contributed by atoms with E-state index in [1.54, 1.807) is 16.8 Å². The summed E-state index contributed by atoms with van der Waals surface area (Å²) in [5.41, 5.74) is 2.00. The smallest absolute Gasteiger partial charge is 0.243 e. The van der Waals surface area contributed by atoms with E-state index < -0.39 is 26.6 Å². The van der Waals surface area contributed by atoms with Gasteiger partial charge < -0.3 is 5.32 Å². The van der Waals surface area contributed by atoms with Gasteiger partial charge in [0.05, 0.1) is 21.3 Å². The van der Waals surface area contributed by atoms with Gasteiger partial charge in [0, 0.05) is 42.9 Å². The highest BCUT2D eigenvalue weighted by Crippen LogP contribution is 2.30. The van der Waals surface area contributed by atoms with Gasteiger partial charge in [0.1, 0.15) is 17.5 Å². The Hall–Kier alpha value is -2.60. The average Bonchev–Trinajstić information content (AvgIpc) is 3.17. The third kappa shape index (κ3) is 5.07. The molecule has 0 spiro atoms. The lowest BCUT2D eigenvalue weighted by Crippen LogP contribution is -2.29. The first kappa shape index (κ1) is 24.5. The summed E-state index contributed by atoms with van der Waals surface area (Å²) in [6, 6.07) is 11.4. The Kier molecular flexibility index (Phi) is 7.17. The van der Waals surface area contributed by atoms with Crippen molar-refractivity contribution in [1.82, 2.24) is 18.9 Å². The molecule has 0 saturated carbocycles. The zero-order valence-corrected chi connectivity index (χ0v) is 21.0. The first-order chi connectivity index (χ1) is 16.2. The van der Waals surface area contributed by atoms with Crippen LogP contribution in [0.25, 0.3) is 16.9 Å². The summed E-state index contributed by atoms with van der Waals surface area (Å²) < 4.78 is 55.6. The zero-order valence-electron chi connectivity index (χ0n) is 17.8. The fourth-order valence-corrected chi connectivity index (χ4v) is 5.20. The number of rotatable bonds is 8. The van der Waals surface area contributed by atoms with Crippen LogP contribution in [0.1, 0.15) is 6.42 Å². The highest BCUT2D eigenvalue weighted by Gasteiger charge is 2.22. The predicted octanol–water partition coefficient (Wildman–Crippen LogP) is 5.21. The molecule has 1 N–H and O–H groups in total. The Morgan fingerprint density at radius 3 is 2.56 bits per heavy atom. The minimum atomic E-state index is -4.03. The maximum atomic E-state index is 13.5. The van der Waals surface area contributed by atoms with Gasteiger partial charge in [0.2, 0.25) is 10.0 Å². The van der Waals surface area contributed by atoms with Crippen LogP contribution < -0.4 is 5.32 Å². The molecular formula is C22H19BrClF2N5O2S. The molecule has 0 atom stereocenters. The summed E-state index contributed by atoms with van der Waals surface area (Å²) in [5, 5.41) is 8.13. The number of nitrogens with one attached hydrogen (secondary N) is 1. The van der Waals surface area contributed by atoms with Crippen LogP contribution in [0.5, 0.6) is 0 Å². The average molecular weight is 571 g/mol. The maximum Gasteiger partial charge on any atom is 0.243 e. The van der Waals surface area contributed by atoms with Crippen molar-refractivity contribution < 1.29 is 17.2 Å². The van der Waals surface area contributed by atoms with Crippen LogP contribution in [0.3, 0.4) is 0 Å². The highest BCUT2D eigenvalue weighted by atomic mass is 79.9. The molecule has 2 heterocycles. The minimum Gasteiger partial charge on any atom is -0.370 e. The molecule has 0 unspecified atom stereocenters. The number of halogens is 4. The van der Waals surface area contributed by atoms with E-state index in [1.807, 2.05) is 24.3 Å². The van der Waals surface area contributed by atoms with Crippen LogP contribution in [0.2, 0.25) is 5.02 Å². The summed E-state index contributed by atoms with van der Waals surface area (Å²) >= 11 is 9.79. The van der Waals surface area contributed by atoms with E-state index in [-0.39, 0.29) is 6.54 Å². The standard InChI is InChI=1S/C22H19BrClF2N5O2S/c1-30(34(32,33)16-10-14(25)9-15(26)11-16)8-4-7-27-21-12-20(17-5-2-3-6-19(17)24)29-22-18(23)13-28-31(21)22/h2-3,5-6,9-13,27H,4,7-8H2,1H3. The van der Waals surface area contributed by atoms with Gasteiger partial charge in [-0.05, 0) is 40.5 Å². The number of fused-ring (bicyclic) bond motifs is 1. The second kappa shape index (κ2) is 9.95. The van der Waals surface area contributed by atoms with Crippen LogP contribution >= 0.6 is 27.5 Å². The van der Waals surface area contributed by atoms with Crippen molar-refractivity contribution in [1.29, 1.82) is 0 Å². The fourth-order valence-electron chi connectivity index (χ4n) is 3.36. The second-order valence-electron chi connectivity index (χ2n) is 7.45. The number of sulfonamides is 1. The monoisotopic (exact) mass is 569 g/mol. The molecule has 0 aliphatic rings. The van der Waals surface area contributed by atoms with E-state index in [0.717, 1.165) is 22.0 Å². The van der Waals surface area contributed by atoms with Gasteiger partial charge in [-0.25, -0.2) is 26.5 Å². The van der Waals surface area contributed by atoms with Crippen molar-refractivity contribution in [2.45, 2.75) is 11.3 Å². The van der Waals surface area contributed by atoms with E-state index >= 15 is 0 Å². The molecule has 0 aliphatic heterocycles. The molecule has 4 aromatic rings. The molecule has 0 radical (unpaired) electrons. The van der Waals surface area contributed by atoms with Crippen LogP contribution in [-0.4, -0.2) is 47.5 Å². The number of aromatic nitrogens is 3. The number of hydrogen-bond donors (Lipinski definition) is 1. The normalized spacial score (nSPS) is 11.9. The molecule has 0 amide bonds. The van der Waals surface area contributed by atoms with Crippen LogP contribution in [0.4, 0.5) is 14.6 Å². The molecule has 0 aliphatic carbocycles. The van der Waals surface area contributed by atoms with E-state index in [0.29, 0.717) is 45.7 Å². The first-order valence-corrected chi connectivity index (χ1v) is 12.7. The maximum absolute atomic E-state index is 13.5. The van der Waals surface area contributed by atoms with Gasteiger partial charge >= 0.3 is 0 Å². The molecule has 0 fully saturated rings. The minimum absolute atomic E-state index is 0.127. The summed E-state index contributed by atoms with van der Waals surface area (Å²) in [5.74, 6) is -1.26. The van der Waals surface area contributed by atoms with Gasteiger partial charge in [-0.15, -0.1) is 0 Å². The van der Waals surface area contributed by atoms with E-state index in [1.165, 1.54) is 7.05 Å². The zero-order chi connectivity index (χ0) is 24.5. The van der Waals surface area contributed by atoms with Crippen molar-refractivity contribution in [3.63, 3.8) is 0 Å². The number of hydrogen-bond acceptors (Lipinski definition) is 5. The quantitative estimate of drug-likeness (QED) is 0.294. The Labute approximate surface area is 208 Å². The molecule has 34 heavy (non-hydrogen) atoms. The molecule has 7 nitrogen and oxygen atoms in total. The summed E-state index contributed by atoms with van der Waals surface area (Å²) in [6.45, 7) is 0.526. The predicted molar refractivity (Wildman–Crippen MR) is 130 cm³/mol. The second-order valence-corrected chi connectivity index (χ2v) is 10.8. The number of nitrogens with zero attached hydrogens (tertiary/aromatic N) is 4. The molecule has 0 saturated heterocycles. The third-order valence-electron chi connectivity index (χ3n) is 5.08. The lowest BCUT2D eigenvalue weighted by Gasteiger charge is -2.18. The van der Waals surface area contributed by atoms with Gasteiger partial charge in [0.15, 0.2) is 5.65 Å². The lowest BCUT2D eigenvalue weighted by molar-refractivity contribution is 0.463. The van der Waals surface area contributed by atoms with Gasteiger partial charge in [0.25, 0.3) is 0 Å². The van der Waals surface area contributed by atoms with Crippen molar-refractivity contribution in [3.05, 3.63) is 75.9 Å². The van der Waals surface area contributed by atoms with Crippen molar-refractivity contribution in [3.8, 4) is 11.3 Å². The van der Waals surface area contributed by atoms with Crippen LogP contribution in [-0.2, 0) is 10.0 Å². The third-order valence-corrected chi connectivity index (χ3v) is 7.80. The number of benzene rings is 2. The summed E-state index contributed by atoms with van der Waals surface area (Å²) in [7, 11) is -2.67. The largest absolute Gasteiger partial charge is 0.370 e. The number of anilines is 1. The molecule has 2 aromatic heterocycles. The Morgan fingerprint density at radius 2 is 1.85 bits per heavy atom. The van der Waals surface area contributed by atoms with Crippen molar-refractivity contribution in [2.24, 2.45) is 0 Å². The van der Waals surface area contributed by atoms with Crippen LogP contribution in [0, 0.1) is 11.6 Å². The molecule has 4 rings (SSSR count). The Bertz CT molecular complexity index is 1440. The topological polar surface area (TPSA) is 79.6 Å². The van der Waals surface area contributed by atoms with E-state index in [4.69, 9.17) is 11.6 Å². The highest BCUT2D eigenvalue weighted by molar-refractivity contribution is 9.10. The van der Waals surface area contributed by atoms with E-state index in [2.05, 4.69) is 31.3 Å². The molecule has 0 bridgehead atoms. The SMILES string of the molecule is CN(CCCNc1cc(-c2ccccc2Cl)nc2c(Br)cnn12)S(=O)(=O)c1cc(F)cc(F)c1. The molecular weight excluding hydrogens is 552 g/mol. The van der Waals surface area contributed by atoms with Crippen LogP contribution in [0.15, 0.2) is 64.1 Å². The Balaban J connectivity index is 1.49. The van der Waals surface area contributed by atoms with E-state index in [9.17, 15) is 17.2 Å². The summed E-state index contributed by atoms with van der Waals surface area (Å²) in [4.78, 5) is 4.21. The van der Waals surface area contributed by atoms with Crippen molar-refractivity contribution >= 4 is 49.0 Å². The molecule has 2 aromatic carbocycles. The molecule has 12 heteroatoms. The Morgan fingerprint density at radius 1 is 1.15 bits per heavy atom. The van der Waals surface area contributed by atoms with Gasteiger partial charge in [-0.3, -0.25) is 0 Å². The van der Waals surface area contributed by atoms with Gasteiger partial charge in [-0.2, -0.15) is 9.61 Å². The van der Waals surface area contributed by atoms with Crippen molar-refractivity contribution in [2.75, 3.05) is 25.5 Å². The molecule has 178 valence electrons. The van der Waals surface area contributed by atoms with Gasteiger partial charge in [-0.1, -0.05) is 29.8 Å². The first-order valence-electron chi connectivity index (χ1n) is 10.1. The lowest BCUT2D eigenvalue weighted by atomic mass is 10.1. The fraction of sp³-hybridized carbons (Fsp3) is 0.182.